The van der Waals surface area contributed by atoms with E-state index < -0.39 is 0 Å². The van der Waals surface area contributed by atoms with Crippen LogP contribution in [0.2, 0.25) is 4.34 Å². The number of nitriles is 1. The van der Waals surface area contributed by atoms with Crippen molar-refractivity contribution in [2.75, 3.05) is 11.9 Å². The lowest BCUT2D eigenvalue weighted by Crippen LogP contribution is -2.36. The van der Waals surface area contributed by atoms with Crippen molar-refractivity contribution >= 4 is 34.4 Å². The van der Waals surface area contributed by atoms with Crippen LogP contribution in [0.25, 0.3) is 0 Å². The summed E-state index contributed by atoms with van der Waals surface area (Å²) in [5.74, 6) is -0.00265. The molecular formula is C15H13ClN2OS. The van der Waals surface area contributed by atoms with Crippen LogP contribution >= 0.6 is 22.9 Å². The number of likely N-dealkylation sites (N-methyl/N-ethyl adjacent to an activating group) is 1. The van der Waals surface area contributed by atoms with Gasteiger partial charge in [0.15, 0.2) is 5.78 Å². The van der Waals surface area contributed by atoms with Crippen LogP contribution in [-0.4, -0.2) is 18.9 Å². The highest BCUT2D eigenvalue weighted by Gasteiger charge is 2.22. The fourth-order valence-electron chi connectivity index (χ4n) is 1.91. The molecule has 1 atom stereocenters. The summed E-state index contributed by atoms with van der Waals surface area (Å²) < 4.78 is 0.598. The average Bonchev–Trinajstić information content (AvgIpc) is 2.91. The van der Waals surface area contributed by atoms with Crippen LogP contribution in [0.15, 0.2) is 36.4 Å². The number of benzene rings is 1. The van der Waals surface area contributed by atoms with E-state index in [1.165, 1.54) is 11.3 Å². The van der Waals surface area contributed by atoms with Crippen molar-refractivity contribution in [3.05, 3.63) is 51.2 Å². The number of ketones is 1. The zero-order valence-electron chi connectivity index (χ0n) is 11.1. The van der Waals surface area contributed by atoms with E-state index in [1.54, 1.807) is 24.3 Å². The number of para-hydroxylation sites is 1. The monoisotopic (exact) mass is 304 g/mol. The van der Waals surface area contributed by atoms with Gasteiger partial charge in [0.25, 0.3) is 0 Å². The lowest BCUT2D eigenvalue weighted by molar-refractivity contribution is 0.0970. The van der Waals surface area contributed by atoms with Crippen molar-refractivity contribution in [2.45, 2.75) is 13.0 Å². The van der Waals surface area contributed by atoms with Crippen molar-refractivity contribution in [3.8, 4) is 6.07 Å². The molecule has 0 aliphatic heterocycles. The van der Waals surface area contributed by atoms with E-state index in [2.05, 4.69) is 6.07 Å². The first-order chi connectivity index (χ1) is 9.54. The number of anilines is 1. The molecule has 1 unspecified atom stereocenters. The zero-order valence-corrected chi connectivity index (χ0v) is 12.7. The number of Topliss-reactive ketones (excluding diaryl/α,β-unsaturated/α-hetero) is 1. The van der Waals surface area contributed by atoms with Gasteiger partial charge in [-0.15, -0.1) is 11.3 Å². The molecule has 1 aromatic heterocycles. The first-order valence-electron chi connectivity index (χ1n) is 6.06. The maximum atomic E-state index is 12.4. The summed E-state index contributed by atoms with van der Waals surface area (Å²) in [4.78, 5) is 14.8. The number of halogens is 1. The topological polar surface area (TPSA) is 44.1 Å². The summed E-state index contributed by atoms with van der Waals surface area (Å²) >= 11 is 7.13. The second-order valence-electron chi connectivity index (χ2n) is 4.38. The molecule has 0 N–H and O–H groups in total. The maximum absolute atomic E-state index is 12.4. The smallest absolute Gasteiger partial charge is 0.194 e. The number of hydrogen-bond acceptors (Lipinski definition) is 4. The molecule has 1 aromatic carbocycles. The molecule has 0 saturated heterocycles. The number of rotatable bonds is 4. The van der Waals surface area contributed by atoms with Crippen molar-refractivity contribution in [1.82, 2.24) is 0 Å². The molecule has 2 rings (SSSR count). The Balaban J connectivity index is 2.27. The van der Waals surface area contributed by atoms with Gasteiger partial charge in [0.05, 0.1) is 26.5 Å². The van der Waals surface area contributed by atoms with Crippen LogP contribution in [0.4, 0.5) is 5.69 Å². The first-order valence-corrected chi connectivity index (χ1v) is 7.25. The predicted molar refractivity (Wildman–Crippen MR) is 82.7 cm³/mol. The van der Waals surface area contributed by atoms with Crippen LogP contribution in [0.1, 0.15) is 22.2 Å². The largest absolute Gasteiger partial charge is 0.363 e. The Morgan fingerprint density at radius 2 is 2.05 bits per heavy atom. The maximum Gasteiger partial charge on any atom is 0.194 e. The van der Waals surface area contributed by atoms with E-state index in [9.17, 15) is 4.79 Å². The van der Waals surface area contributed by atoms with Crippen LogP contribution in [0.3, 0.4) is 0 Å². The number of hydrogen-bond donors (Lipinski definition) is 0. The third-order valence-electron chi connectivity index (χ3n) is 3.18. The van der Waals surface area contributed by atoms with Gasteiger partial charge in [-0.2, -0.15) is 5.26 Å². The molecule has 1 heterocycles. The Kier molecular flexibility index (Phi) is 4.43. The summed E-state index contributed by atoms with van der Waals surface area (Å²) in [6.07, 6.45) is 0. The standard InChI is InChI=1S/C15H13ClN2OS/c1-10(15(19)13-7-8-14(16)20-13)18(2)12-6-4-3-5-11(12)9-17/h3-8,10H,1-2H3. The van der Waals surface area contributed by atoms with Crippen LogP contribution in [0.5, 0.6) is 0 Å². The number of carbonyl (C=O) groups excluding carboxylic acids is 1. The molecule has 0 fully saturated rings. The van der Waals surface area contributed by atoms with Gasteiger partial charge in [-0.3, -0.25) is 4.79 Å². The second kappa shape index (κ2) is 6.08. The minimum Gasteiger partial charge on any atom is -0.363 e. The molecular weight excluding hydrogens is 292 g/mol. The van der Waals surface area contributed by atoms with Gasteiger partial charge in [-0.1, -0.05) is 23.7 Å². The van der Waals surface area contributed by atoms with Gasteiger partial charge in [0, 0.05) is 7.05 Å². The van der Waals surface area contributed by atoms with Crippen LogP contribution in [0, 0.1) is 11.3 Å². The molecule has 0 aliphatic rings. The highest BCUT2D eigenvalue weighted by atomic mass is 35.5. The Bertz CT molecular complexity index is 675. The van der Waals surface area contributed by atoms with Crippen molar-refractivity contribution in [2.24, 2.45) is 0 Å². The van der Waals surface area contributed by atoms with Gasteiger partial charge < -0.3 is 4.90 Å². The van der Waals surface area contributed by atoms with Gasteiger partial charge >= 0.3 is 0 Å². The quantitative estimate of drug-likeness (QED) is 0.802. The Morgan fingerprint density at radius 1 is 1.35 bits per heavy atom. The molecule has 0 radical (unpaired) electrons. The van der Waals surface area contributed by atoms with E-state index in [4.69, 9.17) is 16.9 Å². The summed E-state index contributed by atoms with van der Waals surface area (Å²) in [6, 6.07) is 12.5. The van der Waals surface area contributed by atoms with Crippen molar-refractivity contribution in [3.63, 3.8) is 0 Å². The lowest BCUT2D eigenvalue weighted by Gasteiger charge is -2.26. The van der Waals surface area contributed by atoms with Crippen molar-refractivity contribution < 1.29 is 4.79 Å². The average molecular weight is 305 g/mol. The summed E-state index contributed by atoms with van der Waals surface area (Å²) in [5.41, 5.74) is 1.30. The van der Waals surface area contributed by atoms with Crippen LogP contribution in [-0.2, 0) is 0 Å². The molecule has 0 amide bonds. The van der Waals surface area contributed by atoms with Gasteiger partial charge in [0.2, 0.25) is 0 Å². The molecule has 0 bridgehead atoms. The molecule has 20 heavy (non-hydrogen) atoms. The van der Waals surface area contributed by atoms with E-state index >= 15 is 0 Å². The highest BCUT2D eigenvalue weighted by Crippen LogP contribution is 2.26. The molecule has 5 heteroatoms. The zero-order chi connectivity index (χ0) is 14.7. The Labute approximate surface area is 127 Å². The number of thiophene rings is 1. The molecule has 0 saturated carbocycles. The third-order valence-corrected chi connectivity index (χ3v) is 4.43. The summed E-state index contributed by atoms with van der Waals surface area (Å²) in [5, 5.41) is 9.13. The predicted octanol–water partition coefficient (Wildman–Crippen LogP) is 3.98. The number of nitrogens with zero attached hydrogens (tertiary/aromatic N) is 2. The molecule has 0 spiro atoms. The molecule has 102 valence electrons. The SMILES string of the molecule is CC(C(=O)c1ccc(Cl)s1)N(C)c1ccccc1C#N. The normalized spacial score (nSPS) is 11.7. The van der Waals surface area contributed by atoms with E-state index in [-0.39, 0.29) is 11.8 Å². The van der Waals surface area contributed by atoms with Gasteiger partial charge in [0.1, 0.15) is 6.07 Å². The minimum absolute atomic E-state index is 0.00265. The van der Waals surface area contributed by atoms with Crippen molar-refractivity contribution in [1.29, 1.82) is 5.26 Å². The first kappa shape index (κ1) is 14.6. The fourth-order valence-corrected chi connectivity index (χ4v) is 2.98. The molecule has 2 aromatic rings. The van der Waals surface area contributed by atoms with E-state index in [0.29, 0.717) is 14.8 Å². The fraction of sp³-hybridized carbons (Fsp3) is 0.200. The second-order valence-corrected chi connectivity index (χ2v) is 6.10. The summed E-state index contributed by atoms with van der Waals surface area (Å²) in [7, 11) is 1.81. The highest BCUT2D eigenvalue weighted by molar-refractivity contribution is 7.18. The third kappa shape index (κ3) is 2.84. The van der Waals surface area contributed by atoms with E-state index in [1.807, 2.05) is 31.0 Å². The van der Waals surface area contributed by atoms with Gasteiger partial charge in [-0.25, -0.2) is 0 Å². The van der Waals surface area contributed by atoms with E-state index in [0.717, 1.165) is 5.69 Å². The molecule has 3 nitrogen and oxygen atoms in total. The minimum atomic E-state index is -0.362. The van der Waals surface area contributed by atoms with Crippen LogP contribution < -0.4 is 4.90 Å². The summed E-state index contributed by atoms with van der Waals surface area (Å²) in [6.45, 7) is 1.82. The molecule has 0 aliphatic carbocycles. The Morgan fingerprint density at radius 3 is 2.65 bits per heavy atom. The van der Waals surface area contributed by atoms with Gasteiger partial charge in [-0.05, 0) is 31.2 Å². The Hall–Kier alpha value is -1.83. The number of carbonyl (C=O) groups is 1. The lowest BCUT2D eigenvalue weighted by atomic mass is 10.1.